The summed E-state index contributed by atoms with van der Waals surface area (Å²) < 4.78 is 1.82. The Morgan fingerprint density at radius 2 is 1.72 bits per heavy atom. The lowest BCUT2D eigenvalue weighted by molar-refractivity contribution is 0.884. The Hall–Kier alpha value is -3.84. The van der Waals surface area contributed by atoms with Crippen LogP contribution in [0.5, 0.6) is 0 Å². The maximum Gasteiger partial charge on any atom is 0.191 e. The van der Waals surface area contributed by atoms with Gasteiger partial charge in [0.25, 0.3) is 0 Å². The fourth-order valence-electron chi connectivity index (χ4n) is 2.76. The van der Waals surface area contributed by atoms with E-state index in [4.69, 9.17) is 17.3 Å². The summed E-state index contributed by atoms with van der Waals surface area (Å²) in [5, 5.41) is 12.5. The summed E-state index contributed by atoms with van der Waals surface area (Å²) in [6.45, 7) is 0. The molecule has 0 radical (unpaired) electrons. The molecule has 0 saturated carbocycles. The van der Waals surface area contributed by atoms with Crippen LogP contribution in [0.2, 0.25) is 0 Å². The van der Waals surface area contributed by atoms with Gasteiger partial charge in [-0.15, -0.1) is 0 Å². The van der Waals surface area contributed by atoms with Crippen molar-refractivity contribution in [3.63, 3.8) is 0 Å². The minimum atomic E-state index is 0.408. The minimum absolute atomic E-state index is 0.408. The van der Waals surface area contributed by atoms with Gasteiger partial charge < -0.3 is 5.32 Å². The third kappa shape index (κ3) is 4.72. The molecule has 4 aromatic rings. The van der Waals surface area contributed by atoms with Crippen LogP contribution < -0.4 is 10.7 Å². The average molecular weight is 398 g/mol. The highest BCUT2D eigenvalue weighted by atomic mass is 32.1. The van der Waals surface area contributed by atoms with Crippen LogP contribution in [-0.2, 0) is 0 Å². The highest BCUT2D eigenvalue weighted by Crippen LogP contribution is 2.21. The Morgan fingerprint density at radius 1 is 0.966 bits per heavy atom. The van der Waals surface area contributed by atoms with E-state index in [0.29, 0.717) is 5.11 Å². The molecule has 0 aliphatic carbocycles. The number of benzene rings is 2. The first kappa shape index (κ1) is 18.5. The van der Waals surface area contributed by atoms with Gasteiger partial charge in [0, 0.05) is 35.4 Å². The van der Waals surface area contributed by atoms with Crippen molar-refractivity contribution < 1.29 is 0 Å². The summed E-state index contributed by atoms with van der Waals surface area (Å²) in [5.41, 5.74) is 7.25. The molecule has 2 aromatic carbocycles. The van der Waals surface area contributed by atoms with Crippen LogP contribution in [0.15, 0.2) is 96.5 Å². The Morgan fingerprint density at radius 3 is 2.45 bits per heavy atom. The van der Waals surface area contributed by atoms with Crippen molar-refractivity contribution in [2.45, 2.75) is 0 Å². The largest absolute Gasteiger partial charge is 0.331 e. The highest BCUT2D eigenvalue weighted by molar-refractivity contribution is 7.80. The Balaban J connectivity index is 1.56. The molecule has 2 heterocycles. The lowest BCUT2D eigenvalue weighted by Gasteiger charge is -2.06. The van der Waals surface area contributed by atoms with E-state index < -0.39 is 0 Å². The zero-order valence-electron chi connectivity index (χ0n) is 15.4. The molecule has 0 aliphatic rings. The van der Waals surface area contributed by atoms with Crippen molar-refractivity contribution in [1.29, 1.82) is 0 Å². The average Bonchev–Trinajstić information content (AvgIpc) is 3.20. The van der Waals surface area contributed by atoms with Crippen LogP contribution >= 0.6 is 12.2 Å². The topological polar surface area (TPSA) is 67.1 Å². The number of para-hydroxylation sites is 2. The van der Waals surface area contributed by atoms with Gasteiger partial charge in [-0.2, -0.15) is 10.2 Å². The van der Waals surface area contributed by atoms with Crippen molar-refractivity contribution in [1.82, 2.24) is 20.2 Å². The smallest absolute Gasteiger partial charge is 0.191 e. The number of nitrogens with one attached hydrogen (secondary N) is 2. The molecule has 0 amide bonds. The molecule has 0 bridgehead atoms. The lowest BCUT2D eigenvalue weighted by Crippen LogP contribution is -2.23. The van der Waals surface area contributed by atoms with Gasteiger partial charge in [0.15, 0.2) is 5.11 Å². The number of hydrogen-bond donors (Lipinski definition) is 2. The molecule has 0 unspecified atom stereocenters. The maximum absolute atomic E-state index is 5.29. The fraction of sp³-hybridized carbons (Fsp3) is 0. The zero-order valence-corrected chi connectivity index (χ0v) is 16.3. The van der Waals surface area contributed by atoms with Gasteiger partial charge in [0.2, 0.25) is 0 Å². The molecule has 0 aliphatic heterocycles. The fourth-order valence-corrected chi connectivity index (χ4v) is 2.93. The predicted octanol–water partition coefficient (Wildman–Crippen LogP) is 4.25. The van der Waals surface area contributed by atoms with Crippen LogP contribution in [0.4, 0.5) is 5.69 Å². The molecule has 7 heteroatoms. The predicted molar refractivity (Wildman–Crippen MR) is 120 cm³/mol. The van der Waals surface area contributed by atoms with Crippen LogP contribution in [0.3, 0.4) is 0 Å². The molecule has 4 rings (SSSR count). The van der Waals surface area contributed by atoms with Crippen LogP contribution in [0.25, 0.3) is 16.9 Å². The summed E-state index contributed by atoms with van der Waals surface area (Å²) in [4.78, 5) is 4.20. The van der Waals surface area contributed by atoms with Crippen molar-refractivity contribution in [3.05, 3.63) is 97.0 Å². The molecule has 0 spiro atoms. The maximum atomic E-state index is 5.29. The minimum Gasteiger partial charge on any atom is -0.331 e. The van der Waals surface area contributed by atoms with Crippen molar-refractivity contribution in [3.8, 4) is 16.9 Å². The van der Waals surface area contributed by atoms with E-state index >= 15 is 0 Å². The molecular formula is C22H18N6S. The van der Waals surface area contributed by atoms with E-state index in [2.05, 4.69) is 20.8 Å². The summed E-state index contributed by atoms with van der Waals surface area (Å²) >= 11 is 5.29. The van der Waals surface area contributed by atoms with E-state index in [0.717, 1.165) is 28.2 Å². The first-order valence-corrected chi connectivity index (χ1v) is 9.41. The summed E-state index contributed by atoms with van der Waals surface area (Å²) in [6.07, 6.45) is 7.15. The Bertz CT molecular complexity index is 1110. The van der Waals surface area contributed by atoms with Crippen LogP contribution in [0.1, 0.15) is 5.56 Å². The first-order valence-electron chi connectivity index (χ1n) is 9.00. The monoisotopic (exact) mass is 398 g/mol. The second-order valence-corrected chi connectivity index (χ2v) is 6.55. The first-order chi connectivity index (χ1) is 14.3. The van der Waals surface area contributed by atoms with E-state index in [1.807, 2.05) is 83.7 Å². The van der Waals surface area contributed by atoms with Gasteiger partial charge in [0.1, 0.15) is 5.69 Å². The molecule has 0 atom stereocenters. The highest BCUT2D eigenvalue weighted by Gasteiger charge is 2.11. The Labute approximate surface area is 173 Å². The number of pyridine rings is 1. The van der Waals surface area contributed by atoms with Crippen molar-refractivity contribution in [2.75, 3.05) is 5.32 Å². The van der Waals surface area contributed by atoms with E-state index in [1.54, 1.807) is 18.6 Å². The number of rotatable bonds is 5. The second-order valence-electron chi connectivity index (χ2n) is 6.15. The van der Waals surface area contributed by atoms with E-state index in [9.17, 15) is 0 Å². The molecule has 2 N–H and O–H groups in total. The molecule has 6 nitrogen and oxygen atoms in total. The molecule has 29 heavy (non-hydrogen) atoms. The number of nitrogens with zero attached hydrogens (tertiary/aromatic N) is 4. The second kappa shape index (κ2) is 8.90. The summed E-state index contributed by atoms with van der Waals surface area (Å²) in [7, 11) is 0. The molecule has 2 aromatic heterocycles. The molecule has 0 fully saturated rings. The molecule has 0 saturated heterocycles. The van der Waals surface area contributed by atoms with Gasteiger partial charge in [-0.05, 0) is 48.6 Å². The number of anilines is 1. The third-order valence-electron chi connectivity index (χ3n) is 4.10. The van der Waals surface area contributed by atoms with Gasteiger partial charge in [0.05, 0.1) is 11.9 Å². The van der Waals surface area contributed by atoms with Gasteiger partial charge in [-0.3, -0.25) is 10.4 Å². The lowest BCUT2D eigenvalue weighted by atomic mass is 10.1. The summed E-state index contributed by atoms with van der Waals surface area (Å²) in [5.74, 6) is 0. The van der Waals surface area contributed by atoms with Crippen LogP contribution in [-0.4, -0.2) is 26.1 Å². The zero-order chi connectivity index (χ0) is 19.9. The number of hydrogen-bond acceptors (Lipinski definition) is 4. The number of hydrazone groups is 1. The van der Waals surface area contributed by atoms with Crippen molar-refractivity contribution >= 4 is 29.2 Å². The number of thiocarbonyl (C=S) groups is 1. The third-order valence-corrected chi connectivity index (χ3v) is 4.29. The van der Waals surface area contributed by atoms with Gasteiger partial charge in [-0.25, -0.2) is 4.68 Å². The number of aromatic nitrogens is 3. The SMILES string of the molecule is S=C(N/N=C/c1cn(-c2ccccc2)nc1-c1cccnc1)Nc1ccccc1. The van der Waals surface area contributed by atoms with E-state index in [1.165, 1.54) is 0 Å². The standard InChI is InChI=1S/C22H18N6S/c29-22(25-19-9-3-1-4-10-19)26-24-15-18-16-28(20-11-5-2-6-12-20)27-21(18)17-8-7-13-23-14-17/h1-16H,(H2,25,26,29)/b24-15+. The Kier molecular flexibility index (Phi) is 5.68. The molecular weight excluding hydrogens is 380 g/mol. The summed E-state index contributed by atoms with van der Waals surface area (Å²) in [6, 6.07) is 23.5. The molecule has 142 valence electrons. The quantitative estimate of drug-likeness (QED) is 0.299. The van der Waals surface area contributed by atoms with Crippen molar-refractivity contribution in [2.24, 2.45) is 5.10 Å². The van der Waals surface area contributed by atoms with Crippen LogP contribution in [0, 0.1) is 0 Å². The van der Waals surface area contributed by atoms with Gasteiger partial charge in [-0.1, -0.05) is 36.4 Å². The normalized spacial score (nSPS) is 10.8. The van der Waals surface area contributed by atoms with Gasteiger partial charge >= 0.3 is 0 Å². The van der Waals surface area contributed by atoms with E-state index in [-0.39, 0.29) is 0 Å².